The molecule has 0 aliphatic rings. The van der Waals surface area contributed by atoms with E-state index in [0.29, 0.717) is 0 Å². The van der Waals surface area contributed by atoms with Crippen molar-refractivity contribution in [3.63, 3.8) is 0 Å². The maximum atomic E-state index is 2.39. The molecule has 0 saturated carbocycles. The van der Waals surface area contributed by atoms with Gasteiger partial charge in [-0.3, -0.25) is 0 Å². The van der Waals surface area contributed by atoms with Crippen LogP contribution in [0.4, 0.5) is 17.1 Å². The fourth-order valence-corrected chi connectivity index (χ4v) is 8.51. The van der Waals surface area contributed by atoms with Crippen molar-refractivity contribution in [3.05, 3.63) is 237 Å². The van der Waals surface area contributed by atoms with Gasteiger partial charge in [-0.25, -0.2) is 0 Å². The summed E-state index contributed by atoms with van der Waals surface area (Å²) in [7, 11) is 0. The first-order chi connectivity index (χ1) is 28.3. The van der Waals surface area contributed by atoms with E-state index < -0.39 is 0 Å². The van der Waals surface area contributed by atoms with Crippen LogP contribution in [0.3, 0.4) is 0 Å². The van der Waals surface area contributed by atoms with Gasteiger partial charge in [-0.15, -0.1) is 0 Å². The topological polar surface area (TPSA) is 3.24 Å². The maximum Gasteiger partial charge on any atom is 0.0468 e. The smallest absolute Gasteiger partial charge is 0.0468 e. The summed E-state index contributed by atoms with van der Waals surface area (Å²) in [6.07, 6.45) is 0. The van der Waals surface area contributed by atoms with Crippen molar-refractivity contribution in [2.45, 2.75) is 0 Å². The van der Waals surface area contributed by atoms with E-state index in [1.807, 2.05) is 0 Å². The Morgan fingerprint density at radius 3 is 1.14 bits per heavy atom. The molecule has 0 spiro atoms. The van der Waals surface area contributed by atoms with Crippen LogP contribution in [0.1, 0.15) is 0 Å². The summed E-state index contributed by atoms with van der Waals surface area (Å²) in [5.41, 5.74) is 15.5. The average molecular weight is 726 g/mol. The quantitative estimate of drug-likeness (QED) is 0.141. The van der Waals surface area contributed by atoms with Gasteiger partial charge in [0.15, 0.2) is 0 Å². The largest absolute Gasteiger partial charge is 0.310 e. The molecule has 0 heterocycles. The lowest BCUT2D eigenvalue weighted by atomic mass is 9.85. The highest BCUT2D eigenvalue weighted by Crippen LogP contribution is 2.47. The van der Waals surface area contributed by atoms with Gasteiger partial charge in [0, 0.05) is 17.1 Å². The third-order valence-electron chi connectivity index (χ3n) is 11.1. The van der Waals surface area contributed by atoms with E-state index in [1.54, 1.807) is 0 Å². The molecular weight excluding hydrogens is 687 g/mol. The molecule has 268 valence electrons. The van der Waals surface area contributed by atoms with Gasteiger partial charge in [-0.05, 0) is 114 Å². The van der Waals surface area contributed by atoms with E-state index >= 15 is 0 Å². The van der Waals surface area contributed by atoms with E-state index in [2.05, 4.69) is 241 Å². The minimum atomic E-state index is 1.10. The summed E-state index contributed by atoms with van der Waals surface area (Å²) in [6.45, 7) is 0. The first kappa shape index (κ1) is 34.0. The molecule has 57 heavy (non-hydrogen) atoms. The van der Waals surface area contributed by atoms with Crippen molar-refractivity contribution >= 4 is 38.6 Å². The van der Waals surface area contributed by atoms with Crippen molar-refractivity contribution < 1.29 is 0 Å². The zero-order valence-corrected chi connectivity index (χ0v) is 31.5. The van der Waals surface area contributed by atoms with Gasteiger partial charge in [0.25, 0.3) is 0 Å². The van der Waals surface area contributed by atoms with Crippen molar-refractivity contribution in [2.24, 2.45) is 0 Å². The Kier molecular flexibility index (Phi) is 8.95. The SMILES string of the molecule is c1ccc(-c2cccc(-c3ccc(N(c4ccccc4)c4ccc5c(-c6ccccc6)c(-c6ccccc6)c6ccccc6c5c4)cc3)c2-c2ccccc2)cc1. The number of anilines is 3. The first-order valence-corrected chi connectivity index (χ1v) is 19.6. The summed E-state index contributed by atoms with van der Waals surface area (Å²) < 4.78 is 0. The molecule has 0 aliphatic heterocycles. The normalized spacial score (nSPS) is 11.2. The van der Waals surface area contributed by atoms with Crippen LogP contribution >= 0.6 is 0 Å². The number of benzene rings is 10. The Balaban J connectivity index is 1.15. The van der Waals surface area contributed by atoms with Crippen LogP contribution in [0.5, 0.6) is 0 Å². The van der Waals surface area contributed by atoms with Crippen molar-refractivity contribution in [2.75, 3.05) is 4.90 Å². The van der Waals surface area contributed by atoms with Crippen molar-refractivity contribution in [3.8, 4) is 55.6 Å². The second kappa shape index (κ2) is 15.0. The fourth-order valence-electron chi connectivity index (χ4n) is 8.51. The van der Waals surface area contributed by atoms with Crippen LogP contribution in [-0.4, -0.2) is 0 Å². The first-order valence-electron chi connectivity index (χ1n) is 19.6. The lowest BCUT2D eigenvalue weighted by molar-refractivity contribution is 1.29. The van der Waals surface area contributed by atoms with Gasteiger partial charge < -0.3 is 4.90 Å². The molecule has 0 unspecified atom stereocenters. The molecule has 0 amide bonds. The number of nitrogens with zero attached hydrogens (tertiary/aromatic N) is 1. The highest BCUT2D eigenvalue weighted by molar-refractivity contribution is 6.22. The molecule has 10 aromatic carbocycles. The molecule has 1 nitrogen and oxygen atoms in total. The van der Waals surface area contributed by atoms with Crippen LogP contribution in [0.2, 0.25) is 0 Å². The van der Waals surface area contributed by atoms with E-state index in [4.69, 9.17) is 0 Å². The lowest BCUT2D eigenvalue weighted by Gasteiger charge is -2.27. The standard InChI is InChI=1S/C56H39N/c1-6-19-40(20-7-1)48-31-18-32-49(54(48)42-21-8-2-9-22-42)41-33-35-46(36-34-41)57(45-27-14-5-15-28-45)47-37-38-52-53(39-47)50-29-16-17-30-51(50)55(43-23-10-3-11-24-43)56(52)44-25-12-4-13-26-44/h1-39H. The molecular formula is C56H39N. The minimum Gasteiger partial charge on any atom is -0.310 e. The Morgan fingerprint density at radius 2 is 0.596 bits per heavy atom. The molecule has 0 radical (unpaired) electrons. The highest BCUT2D eigenvalue weighted by Gasteiger charge is 2.21. The van der Waals surface area contributed by atoms with Crippen LogP contribution < -0.4 is 4.90 Å². The van der Waals surface area contributed by atoms with Crippen LogP contribution in [0.25, 0.3) is 77.2 Å². The van der Waals surface area contributed by atoms with Crippen molar-refractivity contribution in [1.29, 1.82) is 0 Å². The van der Waals surface area contributed by atoms with Gasteiger partial charge in [-0.2, -0.15) is 0 Å². The highest BCUT2D eigenvalue weighted by atomic mass is 15.1. The van der Waals surface area contributed by atoms with E-state index in [1.165, 1.54) is 77.2 Å². The Labute approximate surface area is 334 Å². The Bertz CT molecular complexity index is 2960. The summed E-state index contributed by atoms with van der Waals surface area (Å²) in [5.74, 6) is 0. The molecule has 0 aromatic heterocycles. The van der Waals surface area contributed by atoms with Crippen LogP contribution in [0.15, 0.2) is 237 Å². The zero-order chi connectivity index (χ0) is 38.0. The second-order valence-electron chi connectivity index (χ2n) is 14.4. The van der Waals surface area contributed by atoms with Gasteiger partial charge in [0.2, 0.25) is 0 Å². The van der Waals surface area contributed by atoms with Crippen molar-refractivity contribution in [1.82, 2.24) is 0 Å². The van der Waals surface area contributed by atoms with E-state index in [0.717, 1.165) is 17.1 Å². The number of hydrogen-bond acceptors (Lipinski definition) is 1. The van der Waals surface area contributed by atoms with Gasteiger partial charge >= 0.3 is 0 Å². The summed E-state index contributed by atoms with van der Waals surface area (Å²) in [4.78, 5) is 2.38. The summed E-state index contributed by atoms with van der Waals surface area (Å²) in [6, 6.07) is 85.5. The Morgan fingerprint density at radius 1 is 0.211 bits per heavy atom. The number of fused-ring (bicyclic) bond motifs is 3. The molecule has 0 aliphatic carbocycles. The monoisotopic (exact) mass is 725 g/mol. The third kappa shape index (κ3) is 6.36. The van der Waals surface area contributed by atoms with E-state index in [9.17, 15) is 0 Å². The second-order valence-corrected chi connectivity index (χ2v) is 14.4. The number of rotatable bonds is 8. The lowest BCUT2D eigenvalue weighted by Crippen LogP contribution is -2.09. The minimum absolute atomic E-state index is 1.10. The average Bonchev–Trinajstić information content (AvgIpc) is 3.30. The summed E-state index contributed by atoms with van der Waals surface area (Å²) >= 11 is 0. The van der Waals surface area contributed by atoms with Gasteiger partial charge in [-0.1, -0.05) is 200 Å². The number of hydrogen-bond donors (Lipinski definition) is 0. The zero-order valence-electron chi connectivity index (χ0n) is 31.5. The molecule has 0 atom stereocenters. The fraction of sp³-hybridized carbons (Fsp3) is 0. The van der Waals surface area contributed by atoms with Crippen LogP contribution in [0, 0.1) is 0 Å². The molecule has 1 heteroatoms. The molecule has 0 fully saturated rings. The molecule has 10 rings (SSSR count). The van der Waals surface area contributed by atoms with Gasteiger partial charge in [0.05, 0.1) is 0 Å². The molecule has 0 saturated heterocycles. The van der Waals surface area contributed by atoms with Crippen LogP contribution in [-0.2, 0) is 0 Å². The number of para-hydroxylation sites is 1. The molecule has 10 aromatic rings. The van der Waals surface area contributed by atoms with Gasteiger partial charge in [0.1, 0.15) is 0 Å². The molecule has 0 bridgehead atoms. The Hall–Kier alpha value is -7.48. The maximum absolute atomic E-state index is 2.39. The predicted molar refractivity (Wildman–Crippen MR) is 243 cm³/mol. The molecule has 0 N–H and O–H groups in total. The van der Waals surface area contributed by atoms with E-state index in [-0.39, 0.29) is 0 Å². The third-order valence-corrected chi connectivity index (χ3v) is 11.1. The summed E-state index contributed by atoms with van der Waals surface area (Å²) in [5, 5.41) is 4.94. The predicted octanol–water partition coefficient (Wildman–Crippen LogP) is 15.8.